The van der Waals surface area contributed by atoms with Crippen molar-refractivity contribution in [3.8, 4) is 0 Å². The van der Waals surface area contributed by atoms with Crippen molar-refractivity contribution < 1.29 is 4.92 Å². The van der Waals surface area contributed by atoms with Crippen LogP contribution in [0.1, 0.15) is 24.2 Å². The molecule has 1 heterocycles. The zero-order chi connectivity index (χ0) is 16.1. The van der Waals surface area contributed by atoms with E-state index in [1.165, 1.54) is 12.1 Å². The van der Waals surface area contributed by atoms with Gasteiger partial charge in [0.2, 0.25) is 0 Å². The molecule has 0 aliphatic carbocycles. The molecular weight excluding hydrogens is 304 g/mol. The molecule has 2 rings (SSSR count). The molecule has 0 atom stereocenters. The third kappa shape index (κ3) is 3.98. The summed E-state index contributed by atoms with van der Waals surface area (Å²) in [5, 5.41) is 14.4. The number of nitrogens with zero attached hydrogens (tertiary/aromatic N) is 3. The first-order chi connectivity index (χ1) is 10.5. The van der Waals surface area contributed by atoms with Crippen LogP contribution in [0.4, 0.5) is 11.4 Å². The van der Waals surface area contributed by atoms with Crippen LogP contribution in [-0.2, 0) is 6.54 Å². The summed E-state index contributed by atoms with van der Waals surface area (Å²) in [6.45, 7) is 5.50. The Bertz CT molecular complexity index is 646. The molecule has 0 aliphatic heterocycles. The zero-order valence-electron chi connectivity index (χ0n) is 12.7. The zero-order valence-corrected chi connectivity index (χ0v) is 13.4. The number of nitrogens with one attached hydrogen (secondary N) is 1. The van der Waals surface area contributed by atoms with Crippen LogP contribution in [0.15, 0.2) is 24.5 Å². The first kappa shape index (κ1) is 16.3. The second-order valence-electron chi connectivity index (χ2n) is 5.18. The standard InChI is InChI=1S/C15H19ClN4O2/c1-11-9-13(20(21)22)10-14(16)15(11)18-5-3-4-7-19-8-6-17-12(19)2/h6,8-10,18H,3-5,7H2,1-2H3. The molecule has 22 heavy (non-hydrogen) atoms. The van der Waals surface area contributed by atoms with Crippen molar-refractivity contribution in [1.29, 1.82) is 0 Å². The SMILES string of the molecule is Cc1cc([N+](=O)[O-])cc(Cl)c1NCCCCn1ccnc1C. The molecule has 0 saturated heterocycles. The summed E-state index contributed by atoms with van der Waals surface area (Å²) < 4.78 is 2.12. The number of hydrogen-bond donors (Lipinski definition) is 1. The molecule has 0 fully saturated rings. The predicted molar refractivity (Wildman–Crippen MR) is 87.5 cm³/mol. The summed E-state index contributed by atoms with van der Waals surface area (Å²) in [6.07, 6.45) is 5.77. The molecule has 2 aromatic rings. The van der Waals surface area contributed by atoms with Gasteiger partial charge in [0.1, 0.15) is 5.82 Å². The Kier molecular flexibility index (Phi) is 5.38. The predicted octanol–water partition coefficient (Wildman–Crippen LogP) is 3.95. The Morgan fingerprint density at radius 2 is 2.14 bits per heavy atom. The molecular formula is C15H19ClN4O2. The minimum atomic E-state index is -0.434. The van der Waals surface area contributed by atoms with Gasteiger partial charge in [0.25, 0.3) is 5.69 Å². The molecule has 6 nitrogen and oxygen atoms in total. The van der Waals surface area contributed by atoms with Crippen molar-refractivity contribution in [3.05, 3.63) is 51.1 Å². The van der Waals surface area contributed by atoms with E-state index in [0.717, 1.165) is 43.0 Å². The van der Waals surface area contributed by atoms with Gasteiger partial charge < -0.3 is 9.88 Å². The number of nitro groups is 1. The number of halogens is 1. The number of anilines is 1. The van der Waals surface area contributed by atoms with Crippen LogP contribution in [-0.4, -0.2) is 21.0 Å². The van der Waals surface area contributed by atoms with Crippen LogP contribution in [0.3, 0.4) is 0 Å². The van der Waals surface area contributed by atoms with E-state index in [0.29, 0.717) is 5.02 Å². The quantitative estimate of drug-likeness (QED) is 0.476. The number of aromatic nitrogens is 2. The van der Waals surface area contributed by atoms with Gasteiger partial charge in [0.15, 0.2) is 0 Å². The monoisotopic (exact) mass is 322 g/mol. The van der Waals surface area contributed by atoms with Crippen LogP contribution >= 0.6 is 11.6 Å². The largest absolute Gasteiger partial charge is 0.384 e. The molecule has 0 bridgehead atoms. The van der Waals surface area contributed by atoms with Crippen molar-refractivity contribution in [2.75, 3.05) is 11.9 Å². The first-order valence-electron chi connectivity index (χ1n) is 7.15. The molecule has 0 spiro atoms. The highest BCUT2D eigenvalue weighted by Gasteiger charge is 2.12. The Hall–Kier alpha value is -2.08. The summed E-state index contributed by atoms with van der Waals surface area (Å²) in [5.74, 6) is 1.02. The average Bonchev–Trinajstić information content (AvgIpc) is 2.86. The van der Waals surface area contributed by atoms with E-state index in [-0.39, 0.29) is 5.69 Å². The van der Waals surface area contributed by atoms with Gasteiger partial charge in [0.05, 0.1) is 15.6 Å². The van der Waals surface area contributed by atoms with Gasteiger partial charge >= 0.3 is 0 Å². The van der Waals surface area contributed by atoms with Gasteiger partial charge in [-0.3, -0.25) is 10.1 Å². The van der Waals surface area contributed by atoms with E-state index in [9.17, 15) is 10.1 Å². The van der Waals surface area contributed by atoms with E-state index in [1.807, 2.05) is 20.0 Å². The van der Waals surface area contributed by atoms with Crippen LogP contribution < -0.4 is 5.32 Å². The van der Waals surface area contributed by atoms with Gasteiger partial charge in [-0.15, -0.1) is 0 Å². The lowest BCUT2D eigenvalue weighted by Gasteiger charge is -2.12. The number of unbranched alkanes of at least 4 members (excludes halogenated alkanes) is 1. The smallest absolute Gasteiger partial charge is 0.271 e. The average molecular weight is 323 g/mol. The highest BCUT2D eigenvalue weighted by molar-refractivity contribution is 6.33. The molecule has 1 N–H and O–H groups in total. The van der Waals surface area contributed by atoms with Crippen LogP contribution in [0.2, 0.25) is 5.02 Å². The second-order valence-corrected chi connectivity index (χ2v) is 5.59. The lowest BCUT2D eigenvalue weighted by Crippen LogP contribution is -2.06. The summed E-state index contributed by atoms with van der Waals surface area (Å²) in [7, 11) is 0. The van der Waals surface area contributed by atoms with E-state index >= 15 is 0 Å². The lowest BCUT2D eigenvalue weighted by molar-refractivity contribution is -0.384. The van der Waals surface area contributed by atoms with Crippen molar-refractivity contribution in [2.24, 2.45) is 0 Å². The van der Waals surface area contributed by atoms with Crippen molar-refractivity contribution >= 4 is 23.0 Å². The summed E-state index contributed by atoms with van der Waals surface area (Å²) in [6, 6.07) is 2.91. The maximum absolute atomic E-state index is 10.8. The number of hydrogen-bond acceptors (Lipinski definition) is 4. The van der Waals surface area contributed by atoms with Gasteiger partial charge in [-0.25, -0.2) is 4.98 Å². The summed E-state index contributed by atoms with van der Waals surface area (Å²) in [4.78, 5) is 14.5. The van der Waals surface area contributed by atoms with Gasteiger partial charge in [-0.1, -0.05) is 11.6 Å². The number of imidazole rings is 1. The summed E-state index contributed by atoms with van der Waals surface area (Å²) >= 11 is 6.11. The molecule has 7 heteroatoms. The molecule has 0 amide bonds. The third-order valence-electron chi connectivity index (χ3n) is 3.53. The molecule has 1 aromatic carbocycles. The number of aryl methyl sites for hydroxylation is 3. The molecule has 0 radical (unpaired) electrons. The number of nitro benzene ring substituents is 1. The fourth-order valence-corrected chi connectivity index (χ4v) is 2.64. The van der Waals surface area contributed by atoms with E-state index in [2.05, 4.69) is 14.9 Å². The van der Waals surface area contributed by atoms with Gasteiger partial charge in [-0.05, 0) is 32.3 Å². The van der Waals surface area contributed by atoms with Crippen molar-refractivity contribution in [2.45, 2.75) is 33.2 Å². The molecule has 0 saturated carbocycles. The number of benzene rings is 1. The third-order valence-corrected chi connectivity index (χ3v) is 3.83. The Morgan fingerprint density at radius 1 is 1.36 bits per heavy atom. The summed E-state index contributed by atoms with van der Waals surface area (Å²) in [5.41, 5.74) is 1.57. The van der Waals surface area contributed by atoms with Crippen LogP contribution in [0.25, 0.3) is 0 Å². The molecule has 0 unspecified atom stereocenters. The minimum Gasteiger partial charge on any atom is -0.384 e. The molecule has 0 aliphatic rings. The van der Waals surface area contributed by atoms with Crippen molar-refractivity contribution in [3.63, 3.8) is 0 Å². The maximum Gasteiger partial charge on any atom is 0.271 e. The normalized spacial score (nSPS) is 10.7. The first-order valence-corrected chi connectivity index (χ1v) is 7.53. The Balaban J connectivity index is 1.84. The van der Waals surface area contributed by atoms with Gasteiger partial charge in [0, 0.05) is 37.6 Å². The number of non-ortho nitro benzene ring substituents is 1. The lowest BCUT2D eigenvalue weighted by atomic mass is 10.1. The van der Waals surface area contributed by atoms with E-state index in [4.69, 9.17) is 11.6 Å². The molecule has 1 aromatic heterocycles. The van der Waals surface area contributed by atoms with E-state index in [1.54, 1.807) is 6.20 Å². The second kappa shape index (κ2) is 7.26. The highest BCUT2D eigenvalue weighted by Crippen LogP contribution is 2.30. The minimum absolute atomic E-state index is 0.0173. The maximum atomic E-state index is 10.8. The number of rotatable bonds is 7. The fourth-order valence-electron chi connectivity index (χ4n) is 2.32. The fraction of sp³-hybridized carbons (Fsp3) is 0.400. The van der Waals surface area contributed by atoms with E-state index < -0.39 is 4.92 Å². The highest BCUT2D eigenvalue weighted by atomic mass is 35.5. The van der Waals surface area contributed by atoms with Gasteiger partial charge in [-0.2, -0.15) is 0 Å². The van der Waals surface area contributed by atoms with Crippen molar-refractivity contribution in [1.82, 2.24) is 9.55 Å². The molecule has 118 valence electrons. The van der Waals surface area contributed by atoms with Crippen LogP contribution in [0.5, 0.6) is 0 Å². The Morgan fingerprint density at radius 3 is 2.73 bits per heavy atom. The topological polar surface area (TPSA) is 73.0 Å². The Labute approximate surface area is 134 Å². The van der Waals surface area contributed by atoms with Crippen LogP contribution in [0, 0.1) is 24.0 Å².